The molecule has 1 unspecified atom stereocenters. The van der Waals surface area contributed by atoms with Gasteiger partial charge in [-0.15, -0.1) is 0 Å². The Morgan fingerprint density at radius 3 is 2.29 bits per heavy atom. The first-order valence-corrected chi connectivity index (χ1v) is 9.00. The van der Waals surface area contributed by atoms with Crippen LogP contribution in [0.3, 0.4) is 0 Å². The Bertz CT molecular complexity index is 574. The second-order valence-corrected chi connectivity index (χ2v) is 7.60. The number of nitrogens with one attached hydrogen (secondary N) is 2. The van der Waals surface area contributed by atoms with E-state index < -0.39 is 6.04 Å². The lowest BCUT2D eigenvalue weighted by molar-refractivity contribution is -0.123. The van der Waals surface area contributed by atoms with E-state index in [1.165, 1.54) is 6.07 Å². The fraction of sp³-hybridized carbons (Fsp3) is 0.556. The van der Waals surface area contributed by atoms with Crippen LogP contribution in [0.2, 0.25) is 10.0 Å². The van der Waals surface area contributed by atoms with Crippen LogP contribution in [-0.2, 0) is 4.79 Å². The molecule has 0 aromatic heterocycles. The van der Waals surface area contributed by atoms with Gasteiger partial charge in [-0.3, -0.25) is 9.59 Å². The van der Waals surface area contributed by atoms with E-state index in [1.807, 2.05) is 13.8 Å². The summed E-state index contributed by atoms with van der Waals surface area (Å²) < 4.78 is 0. The molecule has 134 valence electrons. The van der Waals surface area contributed by atoms with Gasteiger partial charge in [0.25, 0.3) is 5.91 Å². The number of hydrogen-bond donors (Lipinski definition) is 2. The molecule has 0 aliphatic rings. The fourth-order valence-corrected chi connectivity index (χ4v) is 2.71. The molecule has 1 aromatic rings. The third kappa shape index (κ3) is 7.10. The van der Waals surface area contributed by atoms with Gasteiger partial charge in [-0.05, 0) is 42.9 Å². The van der Waals surface area contributed by atoms with Gasteiger partial charge in [-0.25, -0.2) is 0 Å². The summed E-state index contributed by atoms with van der Waals surface area (Å²) in [4.78, 5) is 24.8. The number of rotatable bonds is 8. The molecular formula is C18H26Cl2N2O2. The maximum absolute atomic E-state index is 12.4. The summed E-state index contributed by atoms with van der Waals surface area (Å²) in [6.07, 6.45) is 1.46. The van der Waals surface area contributed by atoms with Gasteiger partial charge in [0, 0.05) is 11.6 Å². The highest BCUT2D eigenvalue weighted by atomic mass is 35.5. The molecule has 2 N–H and O–H groups in total. The van der Waals surface area contributed by atoms with Crippen molar-refractivity contribution in [3.05, 3.63) is 33.8 Å². The van der Waals surface area contributed by atoms with E-state index in [1.54, 1.807) is 12.1 Å². The lowest BCUT2D eigenvalue weighted by Crippen LogP contribution is -2.47. The van der Waals surface area contributed by atoms with Gasteiger partial charge in [0.05, 0.1) is 10.6 Å². The molecule has 24 heavy (non-hydrogen) atoms. The van der Waals surface area contributed by atoms with Crippen LogP contribution in [0.15, 0.2) is 18.2 Å². The molecule has 0 heterocycles. The number of benzene rings is 1. The Morgan fingerprint density at radius 2 is 1.75 bits per heavy atom. The van der Waals surface area contributed by atoms with E-state index in [9.17, 15) is 9.59 Å². The average molecular weight is 373 g/mol. The number of amides is 2. The average Bonchev–Trinajstić information content (AvgIpc) is 2.45. The van der Waals surface area contributed by atoms with E-state index in [0.717, 1.165) is 6.42 Å². The van der Waals surface area contributed by atoms with E-state index in [0.29, 0.717) is 29.5 Å². The Labute approximate surface area is 154 Å². The molecule has 0 bridgehead atoms. The predicted molar refractivity (Wildman–Crippen MR) is 99.6 cm³/mol. The number of hydrogen-bond acceptors (Lipinski definition) is 2. The van der Waals surface area contributed by atoms with E-state index in [2.05, 4.69) is 24.5 Å². The molecule has 0 aliphatic heterocycles. The van der Waals surface area contributed by atoms with Gasteiger partial charge in [0.1, 0.15) is 6.04 Å². The zero-order valence-electron chi connectivity index (χ0n) is 14.7. The first-order chi connectivity index (χ1) is 11.2. The summed E-state index contributed by atoms with van der Waals surface area (Å²) >= 11 is 11.9. The minimum Gasteiger partial charge on any atom is -0.354 e. The monoisotopic (exact) mass is 372 g/mol. The van der Waals surface area contributed by atoms with Crippen LogP contribution < -0.4 is 10.6 Å². The quantitative estimate of drug-likeness (QED) is 0.714. The van der Waals surface area contributed by atoms with Crippen molar-refractivity contribution in [3.63, 3.8) is 0 Å². The lowest BCUT2D eigenvalue weighted by atomic mass is 10.0. The Morgan fingerprint density at radius 1 is 1.08 bits per heavy atom. The molecule has 0 radical (unpaired) electrons. The van der Waals surface area contributed by atoms with Crippen molar-refractivity contribution in [1.82, 2.24) is 10.6 Å². The zero-order chi connectivity index (χ0) is 18.3. The fourth-order valence-electron chi connectivity index (χ4n) is 2.22. The third-order valence-electron chi connectivity index (χ3n) is 3.53. The summed E-state index contributed by atoms with van der Waals surface area (Å²) in [6, 6.07) is 4.08. The summed E-state index contributed by atoms with van der Waals surface area (Å²) in [7, 11) is 0. The third-order valence-corrected chi connectivity index (χ3v) is 4.07. The van der Waals surface area contributed by atoms with Crippen molar-refractivity contribution >= 4 is 35.0 Å². The van der Waals surface area contributed by atoms with E-state index >= 15 is 0 Å². The van der Waals surface area contributed by atoms with Crippen LogP contribution in [0.1, 0.15) is 50.9 Å². The highest BCUT2D eigenvalue weighted by Gasteiger charge is 2.23. The standard InChI is InChI=1S/C18H26Cl2N2O2/c1-11(2)7-8-21-18(24)16(9-12(3)4)22-17(23)14-6-5-13(19)10-15(14)20/h5-6,10-12,16H,7-9H2,1-4H3,(H,21,24)(H,22,23). The maximum Gasteiger partial charge on any atom is 0.253 e. The largest absolute Gasteiger partial charge is 0.354 e. The highest BCUT2D eigenvalue weighted by molar-refractivity contribution is 6.36. The molecule has 0 aliphatic carbocycles. The summed E-state index contributed by atoms with van der Waals surface area (Å²) in [5, 5.41) is 6.40. The van der Waals surface area contributed by atoms with Gasteiger partial charge in [-0.1, -0.05) is 50.9 Å². The minimum atomic E-state index is -0.587. The maximum atomic E-state index is 12.4. The second kappa shape index (κ2) is 9.90. The Balaban J connectivity index is 2.77. The number of carbonyl (C=O) groups excluding carboxylic acids is 2. The smallest absolute Gasteiger partial charge is 0.253 e. The molecule has 6 heteroatoms. The molecule has 0 fully saturated rings. The molecule has 4 nitrogen and oxygen atoms in total. The molecule has 2 amide bonds. The SMILES string of the molecule is CC(C)CCNC(=O)C(CC(C)C)NC(=O)c1ccc(Cl)cc1Cl. The van der Waals surface area contributed by atoms with Crippen molar-refractivity contribution < 1.29 is 9.59 Å². The van der Waals surface area contributed by atoms with Crippen molar-refractivity contribution in [2.75, 3.05) is 6.54 Å². The molecule has 1 rings (SSSR count). The Kier molecular flexibility index (Phi) is 8.57. The summed E-state index contributed by atoms with van der Waals surface area (Å²) in [5.74, 6) is 0.243. The van der Waals surface area contributed by atoms with Crippen LogP contribution in [0.5, 0.6) is 0 Å². The minimum absolute atomic E-state index is 0.164. The number of halogens is 2. The molecule has 0 saturated heterocycles. The van der Waals surface area contributed by atoms with Crippen LogP contribution in [0, 0.1) is 11.8 Å². The normalized spacial score (nSPS) is 12.3. The van der Waals surface area contributed by atoms with Gasteiger partial charge in [0.15, 0.2) is 0 Å². The van der Waals surface area contributed by atoms with E-state index in [4.69, 9.17) is 23.2 Å². The van der Waals surface area contributed by atoms with Crippen LogP contribution >= 0.6 is 23.2 Å². The van der Waals surface area contributed by atoms with Crippen molar-refractivity contribution in [2.45, 2.75) is 46.6 Å². The highest BCUT2D eigenvalue weighted by Crippen LogP contribution is 2.21. The topological polar surface area (TPSA) is 58.2 Å². The van der Waals surface area contributed by atoms with Gasteiger partial charge in [0.2, 0.25) is 5.91 Å². The Hall–Kier alpha value is -1.26. The molecule has 0 saturated carbocycles. The molecule has 1 aromatic carbocycles. The summed E-state index contributed by atoms with van der Waals surface area (Å²) in [6.45, 7) is 8.82. The second-order valence-electron chi connectivity index (χ2n) is 6.75. The molecule has 0 spiro atoms. The zero-order valence-corrected chi connectivity index (χ0v) is 16.2. The lowest BCUT2D eigenvalue weighted by Gasteiger charge is -2.21. The first kappa shape index (κ1) is 20.8. The van der Waals surface area contributed by atoms with Gasteiger partial charge < -0.3 is 10.6 Å². The molecule has 1 atom stereocenters. The van der Waals surface area contributed by atoms with Crippen molar-refractivity contribution in [3.8, 4) is 0 Å². The van der Waals surface area contributed by atoms with Crippen LogP contribution in [0.25, 0.3) is 0 Å². The van der Waals surface area contributed by atoms with Crippen LogP contribution in [-0.4, -0.2) is 24.4 Å². The molecular weight excluding hydrogens is 347 g/mol. The predicted octanol–water partition coefficient (Wildman–Crippen LogP) is 4.30. The van der Waals surface area contributed by atoms with Crippen molar-refractivity contribution in [2.24, 2.45) is 11.8 Å². The van der Waals surface area contributed by atoms with Gasteiger partial charge >= 0.3 is 0 Å². The van der Waals surface area contributed by atoms with Crippen LogP contribution in [0.4, 0.5) is 0 Å². The number of carbonyl (C=O) groups is 2. The van der Waals surface area contributed by atoms with E-state index in [-0.39, 0.29) is 22.8 Å². The van der Waals surface area contributed by atoms with Gasteiger partial charge in [-0.2, -0.15) is 0 Å². The first-order valence-electron chi connectivity index (χ1n) is 8.24. The van der Waals surface area contributed by atoms with Crippen molar-refractivity contribution in [1.29, 1.82) is 0 Å². The summed E-state index contributed by atoms with van der Waals surface area (Å²) in [5.41, 5.74) is 0.310.